The van der Waals surface area contributed by atoms with Gasteiger partial charge in [0, 0.05) is 12.4 Å². The van der Waals surface area contributed by atoms with E-state index >= 15 is 0 Å². The van der Waals surface area contributed by atoms with Crippen LogP contribution in [0.1, 0.15) is 13.8 Å². The van der Waals surface area contributed by atoms with Crippen LogP contribution in [-0.2, 0) is 9.53 Å². The molecule has 4 nitrogen and oxygen atoms in total. The van der Waals surface area contributed by atoms with Gasteiger partial charge in [0.25, 0.3) is 0 Å². The molecule has 1 aromatic heterocycles. The van der Waals surface area contributed by atoms with E-state index in [1.165, 1.54) is 0 Å². The Hall–Kier alpha value is -1.85. The summed E-state index contributed by atoms with van der Waals surface area (Å²) in [4.78, 5) is 15.9. The SMILES string of the molecule is CCSC(C)C(=O)COCCOc1ccc(-c2cccnc2)cc1. The number of aromatic nitrogens is 1. The summed E-state index contributed by atoms with van der Waals surface area (Å²) in [6.45, 7) is 4.94. The molecule has 0 saturated heterocycles. The number of ether oxygens (including phenoxy) is 2. The largest absolute Gasteiger partial charge is 0.491 e. The lowest BCUT2D eigenvalue weighted by atomic mass is 10.1. The molecule has 0 fully saturated rings. The number of pyridine rings is 1. The third-order valence-electron chi connectivity index (χ3n) is 3.46. The van der Waals surface area contributed by atoms with E-state index in [1.54, 1.807) is 18.0 Å². The van der Waals surface area contributed by atoms with E-state index in [-0.39, 0.29) is 17.6 Å². The van der Waals surface area contributed by atoms with Crippen molar-refractivity contribution in [2.75, 3.05) is 25.6 Å². The van der Waals surface area contributed by atoms with E-state index in [1.807, 2.05) is 56.4 Å². The summed E-state index contributed by atoms with van der Waals surface area (Å²) in [7, 11) is 0. The van der Waals surface area contributed by atoms with Gasteiger partial charge in [-0.05, 0) is 42.0 Å². The molecule has 0 aliphatic heterocycles. The Bertz CT molecular complexity index is 616. The molecular weight excluding hydrogens is 322 g/mol. The first kappa shape index (κ1) is 18.5. The van der Waals surface area contributed by atoms with Gasteiger partial charge < -0.3 is 9.47 Å². The van der Waals surface area contributed by atoms with Crippen LogP contribution in [-0.4, -0.2) is 41.6 Å². The van der Waals surface area contributed by atoms with Crippen molar-refractivity contribution in [2.45, 2.75) is 19.1 Å². The number of benzene rings is 1. The number of carbonyl (C=O) groups excluding carboxylic acids is 1. The van der Waals surface area contributed by atoms with Crippen molar-refractivity contribution in [2.24, 2.45) is 0 Å². The quantitative estimate of drug-likeness (QED) is 0.612. The third kappa shape index (κ3) is 5.98. The molecule has 0 spiro atoms. The molecule has 5 heteroatoms. The van der Waals surface area contributed by atoms with E-state index in [4.69, 9.17) is 9.47 Å². The number of rotatable bonds is 10. The van der Waals surface area contributed by atoms with Crippen molar-refractivity contribution in [3.05, 3.63) is 48.8 Å². The van der Waals surface area contributed by atoms with Crippen LogP contribution in [0.2, 0.25) is 0 Å². The first-order chi connectivity index (χ1) is 11.7. The van der Waals surface area contributed by atoms with Gasteiger partial charge in [0.1, 0.15) is 19.0 Å². The summed E-state index contributed by atoms with van der Waals surface area (Å²) in [5, 5.41) is -0.00376. The smallest absolute Gasteiger partial charge is 0.171 e. The number of nitrogens with zero attached hydrogens (tertiary/aromatic N) is 1. The van der Waals surface area contributed by atoms with Crippen molar-refractivity contribution in [3.63, 3.8) is 0 Å². The maximum Gasteiger partial charge on any atom is 0.171 e. The van der Waals surface area contributed by atoms with Crippen molar-refractivity contribution in [1.82, 2.24) is 4.98 Å². The number of carbonyl (C=O) groups is 1. The third-order valence-corrected chi connectivity index (χ3v) is 4.56. The van der Waals surface area contributed by atoms with Crippen LogP contribution in [0, 0.1) is 0 Å². The highest BCUT2D eigenvalue weighted by atomic mass is 32.2. The summed E-state index contributed by atoms with van der Waals surface area (Å²) >= 11 is 1.63. The molecule has 0 amide bonds. The Balaban J connectivity index is 1.69. The van der Waals surface area contributed by atoms with Crippen molar-refractivity contribution < 1.29 is 14.3 Å². The van der Waals surface area contributed by atoms with Gasteiger partial charge in [-0.1, -0.05) is 25.1 Å². The molecule has 0 bridgehead atoms. The average molecular weight is 345 g/mol. The molecule has 0 radical (unpaired) electrons. The second-order valence-electron chi connectivity index (χ2n) is 5.23. The molecule has 0 N–H and O–H groups in total. The number of hydrogen-bond donors (Lipinski definition) is 0. The predicted octanol–water partition coefficient (Wildman–Crippen LogP) is 3.85. The normalized spacial score (nSPS) is 11.9. The van der Waals surface area contributed by atoms with Crippen LogP contribution in [0.25, 0.3) is 11.1 Å². The summed E-state index contributed by atoms with van der Waals surface area (Å²) in [6, 6.07) is 11.8. The van der Waals surface area contributed by atoms with Crippen molar-refractivity contribution in [3.8, 4) is 16.9 Å². The van der Waals surface area contributed by atoms with Crippen LogP contribution >= 0.6 is 11.8 Å². The molecule has 2 rings (SSSR count). The molecule has 2 aromatic rings. The van der Waals surface area contributed by atoms with Gasteiger partial charge >= 0.3 is 0 Å². The van der Waals surface area contributed by atoms with Crippen LogP contribution in [0.15, 0.2) is 48.8 Å². The minimum absolute atomic E-state index is 0.00376. The minimum Gasteiger partial charge on any atom is -0.491 e. The molecular formula is C19H23NO3S. The molecule has 1 atom stereocenters. The number of Topliss-reactive ketones (excluding diaryl/α,β-unsaturated/α-hetero) is 1. The van der Waals surface area contributed by atoms with E-state index in [9.17, 15) is 4.79 Å². The van der Waals surface area contributed by atoms with E-state index in [0.717, 1.165) is 22.6 Å². The van der Waals surface area contributed by atoms with Gasteiger partial charge in [-0.25, -0.2) is 0 Å². The fraction of sp³-hybridized carbons (Fsp3) is 0.368. The fourth-order valence-electron chi connectivity index (χ4n) is 2.13. The lowest BCUT2D eigenvalue weighted by Crippen LogP contribution is -2.21. The van der Waals surface area contributed by atoms with E-state index in [0.29, 0.717) is 13.2 Å². The Labute approximate surface area is 147 Å². The Morgan fingerprint density at radius 2 is 1.96 bits per heavy atom. The zero-order valence-electron chi connectivity index (χ0n) is 14.1. The van der Waals surface area contributed by atoms with Crippen LogP contribution in [0.3, 0.4) is 0 Å². The summed E-state index contributed by atoms with van der Waals surface area (Å²) < 4.78 is 11.0. The minimum atomic E-state index is -0.00376. The number of ketones is 1. The second-order valence-corrected chi connectivity index (χ2v) is 6.85. The van der Waals surface area contributed by atoms with Gasteiger partial charge in [-0.15, -0.1) is 0 Å². The zero-order valence-corrected chi connectivity index (χ0v) is 14.9. The first-order valence-corrected chi connectivity index (χ1v) is 9.11. The average Bonchev–Trinajstić information content (AvgIpc) is 2.62. The van der Waals surface area contributed by atoms with E-state index in [2.05, 4.69) is 4.98 Å². The predicted molar refractivity (Wildman–Crippen MR) is 98.6 cm³/mol. The van der Waals surface area contributed by atoms with Gasteiger partial charge in [0.2, 0.25) is 0 Å². The van der Waals surface area contributed by atoms with Crippen LogP contribution in [0.5, 0.6) is 5.75 Å². The fourth-order valence-corrected chi connectivity index (χ4v) is 2.88. The molecule has 0 aliphatic carbocycles. The molecule has 1 heterocycles. The van der Waals surface area contributed by atoms with Gasteiger partial charge in [-0.2, -0.15) is 11.8 Å². The molecule has 1 aromatic carbocycles. The Kier molecular flexibility index (Phi) is 7.79. The summed E-state index contributed by atoms with van der Waals surface area (Å²) in [5.74, 6) is 1.85. The van der Waals surface area contributed by atoms with Crippen molar-refractivity contribution >= 4 is 17.5 Å². The Morgan fingerprint density at radius 1 is 1.17 bits per heavy atom. The van der Waals surface area contributed by atoms with Gasteiger partial charge in [0.15, 0.2) is 5.78 Å². The standard InChI is InChI=1S/C19H23NO3S/c1-3-24-15(2)19(21)14-22-11-12-23-18-8-6-16(7-9-18)17-5-4-10-20-13-17/h4-10,13,15H,3,11-12,14H2,1-2H3. The maximum absolute atomic E-state index is 11.7. The molecule has 0 aliphatic rings. The molecule has 24 heavy (non-hydrogen) atoms. The topological polar surface area (TPSA) is 48.4 Å². The summed E-state index contributed by atoms with van der Waals surface area (Å²) in [5.41, 5.74) is 2.17. The monoisotopic (exact) mass is 345 g/mol. The highest BCUT2D eigenvalue weighted by molar-refractivity contribution is 8.00. The first-order valence-electron chi connectivity index (χ1n) is 8.06. The lowest BCUT2D eigenvalue weighted by Gasteiger charge is -2.10. The lowest BCUT2D eigenvalue weighted by molar-refractivity contribution is -0.123. The number of thioether (sulfide) groups is 1. The second kappa shape index (κ2) is 10.1. The Morgan fingerprint density at radius 3 is 2.62 bits per heavy atom. The van der Waals surface area contributed by atoms with E-state index < -0.39 is 0 Å². The van der Waals surface area contributed by atoms with Crippen LogP contribution < -0.4 is 4.74 Å². The molecule has 1 unspecified atom stereocenters. The number of hydrogen-bond acceptors (Lipinski definition) is 5. The van der Waals surface area contributed by atoms with Crippen LogP contribution in [0.4, 0.5) is 0 Å². The van der Waals surface area contributed by atoms with Gasteiger partial charge in [-0.3, -0.25) is 9.78 Å². The maximum atomic E-state index is 11.7. The van der Waals surface area contributed by atoms with Gasteiger partial charge in [0.05, 0.1) is 11.9 Å². The highest BCUT2D eigenvalue weighted by Gasteiger charge is 2.12. The van der Waals surface area contributed by atoms with Crippen molar-refractivity contribution in [1.29, 1.82) is 0 Å². The summed E-state index contributed by atoms with van der Waals surface area (Å²) in [6.07, 6.45) is 3.59. The molecule has 0 saturated carbocycles. The molecule has 128 valence electrons. The zero-order chi connectivity index (χ0) is 17.2. The highest BCUT2D eigenvalue weighted by Crippen LogP contribution is 2.21.